The maximum atomic E-state index is 7.45. The number of hydrogen-bond donors (Lipinski definition) is 3. The first-order chi connectivity index (χ1) is 7.65. The molecule has 0 fully saturated rings. The first-order valence-corrected chi connectivity index (χ1v) is 5.91. The molecule has 0 aliphatic rings. The molecule has 0 bridgehead atoms. The second kappa shape index (κ2) is 6.40. The lowest BCUT2D eigenvalue weighted by atomic mass is 10.1. The normalized spacial score (nSPS) is 9.81. The molecular formula is C11H14NO3P. The van der Waals surface area contributed by atoms with Crippen LogP contribution >= 0.6 is 8.53 Å². The maximum Gasteiger partial charge on any atom is 0.247 e. The van der Waals surface area contributed by atoms with Gasteiger partial charge in [-0.1, -0.05) is 36.4 Å². The van der Waals surface area contributed by atoms with Gasteiger partial charge in [-0.05, 0) is 11.5 Å². The molecule has 0 heterocycles. The van der Waals surface area contributed by atoms with Gasteiger partial charge in [-0.2, -0.15) is 0 Å². The van der Waals surface area contributed by atoms with E-state index in [9.17, 15) is 0 Å². The molecular weight excluding hydrogens is 225 g/mol. The van der Waals surface area contributed by atoms with Crippen LogP contribution in [0.3, 0.4) is 0 Å². The van der Waals surface area contributed by atoms with Crippen LogP contribution in [0.15, 0.2) is 42.5 Å². The smallest absolute Gasteiger partial charge is 0.247 e. The summed E-state index contributed by atoms with van der Waals surface area (Å²) in [5.41, 5.74) is 4.29. The van der Waals surface area contributed by atoms with Crippen molar-refractivity contribution in [1.29, 1.82) is 0 Å². The van der Waals surface area contributed by atoms with E-state index in [0.717, 1.165) is 5.75 Å². The van der Waals surface area contributed by atoms with E-state index in [1.807, 2.05) is 24.3 Å². The minimum atomic E-state index is -2.12. The lowest BCUT2D eigenvalue weighted by molar-refractivity contribution is 0.420. The summed E-state index contributed by atoms with van der Waals surface area (Å²) < 4.78 is 5.23. The van der Waals surface area contributed by atoms with Crippen molar-refractivity contribution in [2.75, 3.05) is 7.11 Å². The van der Waals surface area contributed by atoms with Crippen LogP contribution in [0, 0.1) is 0 Å². The predicted octanol–water partition coefficient (Wildman–Crippen LogP) is 2.00. The standard InChI is InChI=1S/C11H10O.H4NO2P/c1-12-11-8-4-6-9-5-2-3-7-10(9)11;1-4(2)3/h2-8H,1H3;2-3H,1H2. The molecule has 0 aliphatic carbocycles. The largest absolute Gasteiger partial charge is 0.496 e. The van der Waals surface area contributed by atoms with Crippen LogP contribution in [0.25, 0.3) is 10.8 Å². The highest BCUT2D eigenvalue weighted by atomic mass is 31.2. The molecule has 0 saturated carbocycles. The number of fused-ring (bicyclic) bond motifs is 1. The third-order valence-corrected chi connectivity index (χ3v) is 1.97. The number of methoxy groups -OCH3 is 1. The highest BCUT2D eigenvalue weighted by Gasteiger charge is 1.96. The summed E-state index contributed by atoms with van der Waals surface area (Å²) in [5, 5.41) is 2.39. The van der Waals surface area contributed by atoms with E-state index in [1.54, 1.807) is 7.11 Å². The second-order valence-electron chi connectivity index (χ2n) is 3.00. The average Bonchev–Trinajstić information content (AvgIpc) is 2.27. The molecule has 5 heteroatoms. The fourth-order valence-corrected chi connectivity index (χ4v) is 1.37. The van der Waals surface area contributed by atoms with Crippen LogP contribution in [0.4, 0.5) is 0 Å². The lowest BCUT2D eigenvalue weighted by Crippen LogP contribution is -1.83. The number of ether oxygens (including phenoxy) is 1. The van der Waals surface area contributed by atoms with Gasteiger partial charge in [0.15, 0.2) is 0 Å². The van der Waals surface area contributed by atoms with Gasteiger partial charge in [-0.15, -0.1) is 0 Å². The molecule has 0 atom stereocenters. The van der Waals surface area contributed by atoms with Gasteiger partial charge in [-0.3, -0.25) is 5.50 Å². The molecule has 2 rings (SSSR count). The molecule has 4 N–H and O–H groups in total. The van der Waals surface area contributed by atoms with Gasteiger partial charge in [0, 0.05) is 5.39 Å². The van der Waals surface area contributed by atoms with Crippen LogP contribution in [0.5, 0.6) is 5.75 Å². The summed E-state index contributed by atoms with van der Waals surface area (Å²) >= 11 is 0. The van der Waals surface area contributed by atoms with E-state index < -0.39 is 8.53 Å². The minimum Gasteiger partial charge on any atom is -0.496 e. The van der Waals surface area contributed by atoms with Crippen LogP contribution in [-0.2, 0) is 0 Å². The Labute approximate surface area is 95.3 Å². The van der Waals surface area contributed by atoms with E-state index >= 15 is 0 Å². The Morgan fingerprint density at radius 2 is 1.62 bits per heavy atom. The van der Waals surface area contributed by atoms with E-state index in [4.69, 9.17) is 14.5 Å². The molecule has 0 saturated heterocycles. The summed E-state index contributed by atoms with van der Waals surface area (Å²) in [6.45, 7) is 0. The van der Waals surface area contributed by atoms with Gasteiger partial charge in [0.1, 0.15) is 5.75 Å². The van der Waals surface area contributed by atoms with Crippen molar-refractivity contribution in [2.45, 2.75) is 0 Å². The number of rotatable bonds is 1. The molecule has 16 heavy (non-hydrogen) atoms. The van der Waals surface area contributed by atoms with Crippen molar-refractivity contribution in [3.63, 3.8) is 0 Å². The molecule has 2 aromatic rings. The van der Waals surface area contributed by atoms with Crippen LogP contribution < -0.4 is 10.2 Å². The van der Waals surface area contributed by atoms with Gasteiger partial charge < -0.3 is 14.5 Å². The Morgan fingerprint density at radius 1 is 1.06 bits per heavy atom. The summed E-state index contributed by atoms with van der Waals surface area (Å²) in [6, 6.07) is 14.2. The molecule has 0 radical (unpaired) electrons. The van der Waals surface area contributed by atoms with Crippen molar-refractivity contribution >= 4 is 19.3 Å². The van der Waals surface area contributed by atoms with Crippen molar-refractivity contribution in [3.05, 3.63) is 42.5 Å². The molecule has 86 valence electrons. The van der Waals surface area contributed by atoms with E-state index in [-0.39, 0.29) is 0 Å². The zero-order valence-corrected chi connectivity index (χ0v) is 9.76. The fourth-order valence-electron chi connectivity index (χ4n) is 1.37. The van der Waals surface area contributed by atoms with Gasteiger partial charge in [-0.25, -0.2) is 0 Å². The average molecular weight is 239 g/mol. The van der Waals surface area contributed by atoms with E-state index in [2.05, 4.69) is 23.7 Å². The van der Waals surface area contributed by atoms with Crippen LogP contribution in [-0.4, -0.2) is 16.9 Å². The molecule has 2 aromatic carbocycles. The van der Waals surface area contributed by atoms with Crippen molar-refractivity contribution in [3.8, 4) is 5.75 Å². The first kappa shape index (κ1) is 12.9. The molecule has 0 unspecified atom stereocenters. The Hall–Kier alpha value is -1.19. The highest BCUT2D eigenvalue weighted by molar-refractivity contribution is 7.42. The second-order valence-corrected chi connectivity index (χ2v) is 3.64. The quantitative estimate of drug-likeness (QED) is 0.665. The van der Waals surface area contributed by atoms with Crippen molar-refractivity contribution in [1.82, 2.24) is 0 Å². The summed E-state index contributed by atoms with van der Waals surface area (Å²) in [6.07, 6.45) is 0. The predicted molar refractivity (Wildman–Crippen MR) is 66.0 cm³/mol. The summed E-state index contributed by atoms with van der Waals surface area (Å²) in [7, 11) is -0.424. The maximum absolute atomic E-state index is 7.45. The number of hydrogen-bond acceptors (Lipinski definition) is 4. The molecule has 4 nitrogen and oxygen atoms in total. The third-order valence-electron chi connectivity index (χ3n) is 1.97. The molecule has 0 spiro atoms. The zero-order valence-electron chi connectivity index (χ0n) is 8.87. The third kappa shape index (κ3) is 3.76. The van der Waals surface area contributed by atoms with Crippen molar-refractivity contribution < 1.29 is 14.5 Å². The molecule has 0 amide bonds. The lowest BCUT2D eigenvalue weighted by Gasteiger charge is -2.03. The van der Waals surface area contributed by atoms with Gasteiger partial charge in [0.05, 0.1) is 7.11 Å². The molecule has 0 aliphatic heterocycles. The van der Waals surface area contributed by atoms with E-state index in [0.29, 0.717) is 0 Å². The topological polar surface area (TPSA) is 75.7 Å². The van der Waals surface area contributed by atoms with Crippen LogP contribution in [0.1, 0.15) is 0 Å². The van der Waals surface area contributed by atoms with Crippen LogP contribution in [0.2, 0.25) is 0 Å². The zero-order chi connectivity index (χ0) is 12.0. The summed E-state index contributed by atoms with van der Waals surface area (Å²) in [4.78, 5) is 14.9. The summed E-state index contributed by atoms with van der Waals surface area (Å²) in [5.74, 6) is 0.938. The van der Waals surface area contributed by atoms with Gasteiger partial charge in [0.2, 0.25) is 8.53 Å². The molecule has 0 aromatic heterocycles. The van der Waals surface area contributed by atoms with Gasteiger partial charge in [0.25, 0.3) is 0 Å². The Morgan fingerprint density at radius 3 is 2.25 bits per heavy atom. The Kier molecular flexibility index (Phi) is 5.15. The fraction of sp³-hybridized carbons (Fsp3) is 0.0909. The minimum absolute atomic E-state index is 0.938. The van der Waals surface area contributed by atoms with Crippen molar-refractivity contribution in [2.24, 2.45) is 5.50 Å². The Bertz CT molecular complexity index is 440. The number of nitrogens with two attached hydrogens (primary N) is 1. The number of benzene rings is 2. The highest BCUT2D eigenvalue weighted by Crippen LogP contribution is 2.24. The SMILES string of the molecule is COc1cccc2ccccc12.NP(O)O. The van der Waals surface area contributed by atoms with Gasteiger partial charge >= 0.3 is 0 Å². The monoisotopic (exact) mass is 239 g/mol. The first-order valence-electron chi connectivity index (χ1n) is 4.59. The Balaban J connectivity index is 0.000000280. The van der Waals surface area contributed by atoms with E-state index in [1.165, 1.54) is 10.8 Å².